The van der Waals surface area contributed by atoms with Gasteiger partial charge in [0.05, 0.1) is 29.3 Å². The van der Waals surface area contributed by atoms with Gasteiger partial charge in [-0.2, -0.15) is 0 Å². The van der Waals surface area contributed by atoms with Gasteiger partial charge in [-0.25, -0.2) is 9.78 Å². The Morgan fingerprint density at radius 3 is 2.90 bits per heavy atom. The lowest BCUT2D eigenvalue weighted by Gasteiger charge is -2.11. The van der Waals surface area contributed by atoms with Crippen LogP contribution in [-0.2, 0) is 4.74 Å². The van der Waals surface area contributed by atoms with Crippen LogP contribution in [0.1, 0.15) is 22.8 Å². The molecule has 0 spiro atoms. The monoisotopic (exact) mass is 309 g/mol. The van der Waals surface area contributed by atoms with Crippen molar-refractivity contribution >= 4 is 34.2 Å². The highest BCUT2D eigenvalue weighted by Crippen LogP contribution is 2.29. The fourth-order valence-electron chi connectivity index (χ4n) is 2.18. The van der Waals surface area contributed by atoms with Gasteiger partial charge in [0.25, 0.3) is 0 Å². The molecule has 0 aliphatic heterocycles. The third-order valence-corrected chi connectivity index (χ3v) is 3.62. The number of hydrogen-bond donors (Lipinski definition) is 2. The maximum Gasteiger partial charge on any atom is 0.346 e. The van der Waals surface area contributed by atoms with Crippen LogP contribution in [0.4, 0.5) is 5.69 Å². The number of aryl methyl sites for hydroxylation is 1. The predicted molar refractivity (Wildman–Crippen MR) is 81.8 cm³/mol. The molecule has 0 aliphatic carbocycles. The minimum Gasteiger partial charge on any atom is -0.462 e. The average Bonchev–Trinajstić information content (AvgIpc) is 2.48. The van der Waals surface area contributed by atoms with E-state index in [1.807, 2.05) is 13.0 Å². The highest BCUT2D eigenvalue weighted by molar-refractivity contribution is 6.32. The second-order valence-electron chi connectivity index (χ2n) is 4.54. The first-order chi connectivity index (χ1) is 10.1. The number of H-pyrrole nitrogens is 1. The summed E-state index contributed by atoms with van der Waals surface area (Å²) in [6.07, 6.45) is 1.60. The maximum absolute atomic E-state index is 12.1. The number of rotatable bonds is 5. The first-order valence-corrected chi connectivity index (χ1v) is 7.13. The number of aromatic amines is 1. The number of hydrogen-bond acceptors (Lipinski definition) is 4. The van der Waals surface area contributed by atoms with E-state index in [0.29, 0.717) is 29.4 Å². The largest absolute Gasteiger partial charge is 0.462 e. The standard InChI is InChI=1S/C15H17ClN2O3/c1-3-21-15(20)11-8-18-13-9(2)12(16)5-4-10(13)14(11)17-6-7-19/h4-5,8,19H,3,6-7H2,1-2H3,(H,17,18)/p+1. The van der Waals surface area contributed by atoms with E-state index < -0.39 is 5.97 Å². The van der Waals surface area contributed by atoms with Crippen molar-refractivity contribution in [3.8, 4) is 0 Å². The zero-order valence-corrected chi connectivity index (χ0v) is 12.8. The molecule has 0 fully saturated rings. The van der Waals surface area contributed by atoms with Crippen molar-refractivity contribution in [2.45, 2.75) is 13.8 Å². The number of aliphatic hydroxyl groups excluding tert-OH is 1. The summed E-state index contributed by atoms with van der Waals surface area (Å²) in [5.74, 6) is -0.413. The predicted octanol–water partition coefficient (Wildman–Crippen LogP) is 2.20. The molecular formula is C15H18ClN2O3+. The molecule has 0 bridgehead atoms. The number of carbonyl (C=O) groups excluding carboxylic acids is 1. The second kappa shape index (κ2) is 6.74. The Labute approximate surface area is 127 Å². The molecule has 0 saturated carbocycles. The van der Waals surface area contributed by atoms with Crippen LogP contribution in [0.3, 0.4) is 0 Å². The van der Waals surface area contributed by atoms with Gasteiger partial charge in [-0.1, -0.05) is 11.6 Å². The van der Waals surface area contributed by atoms with Crippen LogP contribution in [0.15, 0.2) is 18.3 Å². The van der Waals surface area contributed by atoms with Crippen molar-refractivity contribution in [3.63, 3.8) is 0 Å². The number of ether oxygens (including phenoxy) is 1. The molecule has 6 heteroatoms. The van der Waals surface area contributed by atoms with Crippen molar-refractivity contribution in [2.24, 2.45) is 0 Å². The lowest BCUT2D eigenvalue weighted by molar-refractivity contribution is -0.345. The topological polar surface area (TPSA) is 72.7 Å². The van der Waals surface area contributed by atoms with Crippen LogP contribution >= 0.6 is 11.6 Å². The number of anilines is 1. The molecular weight excluding hydrogens is 292 g/mol. The summed E-state index contributed by atoms with van der Waals surface area (Å²) >= 11 is 6.12. The van der Waals surface area contributed by atoms with Gasteiger partial charge in [-0.05, 0) is 26.0 Å². The molecule has 0 unspecified atom stereocenters. The van der Waals surface area contributed by atoms with Gasteiger partial charge in [0.2, 0.25) is 5.52 Å². The molecule has 0 radical (unpaired) electrons. The average molecular weight is 310 g/mol. The summed E-state index contributed by atoms with van der Waals surface area (Å²) in [4.78, 5) is 15.2. The van der Waals surface area contributed by atoms with E-state index in [9.17, 15) is 4.79 Å². The van der Waals surface area contributed by atoms with Gasteiger partial charge in [-0.15, -0.1) is 0 Å². The fraction of sp³-hybridized carbons (Fsp3) is 0.333. The normalized spacial score (nSPS) is 10.7. The molecule has 21 heavy (non-hydrogen) atoms. The number of fused-ring (bicyclic) bond motifs is 1. The van der Waals surface area contributed by atoms with Crippen molar-refractivity contribution in [2.75, 3.05) is 25.1 Å². The molecule has 0 amide bonds. The van der Waals surface area contributed by atoms with Gasteiger partial charge in [0.15, 0.2) is 6.20 Å². The lowest BCUT2D eigenvalue weighted by Crippen LogP contribution is -2.18. The van der Waals surface area contributed by atoms with Gasteiger partial charge < -0.3 is 15.2 Å². The van der Waals surface area contributed by atoms with Gasteiger partial charge in [0.1, 0.15) is 5.56 Å². The zero-order chi connectivity index (χ0) is 15.4. The van der Waals surface area contributed by atoms with Crippen molar-refractivity contribution < 1.29 is 19.6 Å². The van der Waals surface area contributed by atoms with Crippen LogP contribution in [0.25, 0.3) is 10.9 Å². The molecule has 3 N–H and O–H groups in total. The van der Waals surface area contributed by atoms with Crippen LogP contribution in [0.5, 0.6) is 0 Å². The quantitative estimate of drug-likeness (QED) is 0.831. The first-order valence-electron chi connectivity index (χ1n) is 6.75. The summed E-state index contributed by atoms with van der Waals surface area (Å²) in [6, 6.07) is 3.62. The summed E-state index contributed by atoms with van der Waals surface area (Å²) < 4.78 is 5.06. The molecule has 0 saturated heterocycles. The maximum atomic E-state index is 12.1. The Hall–Kier alpha value is -1.85. The minimum absolute atomic E-state index is 0.0328. The molecule has 1 aromatic carbocycles. The molecule has 1 heterocycles. The van der Waals surface area contributed by atoms with E-state index in [0.717, 1.165) is 16.5 Å². The number of pyridine rings is 1. The van der Waals surface area contributed by atoms with Crippen LogP contribution in [0, 0.1) is 6.92 Å². The minimum atomic E-state index is -0.413. The number of aliphatic hydroxyl groups is 1. The number of carbonyl (C=O) groups is 1. The Morgan fingerprint density at radius 2 is 2.24 bits per heavy atom. The Balaban J connectivity index is 2.64. The van der Waals surface area contributed by atoms with E-state index in [1.54, 1.807) is 19.2 Å². The molecule has 5 nitrogen and oxygen atoms in total. The van der Waals surface area contributed by atoms with Crippen LogP contribution < -0.4 is 10.3 Å². The van der Waals surface area contributed by atoms with E-state index in [4.69, 9.17) is 21.4 Å². The number of aromatic nitrogens is 1. The highest BCUT2D eigenvalue weighted by Gasteiger charge is 2.21. The SMILES string of the molecule is CCOC(=O)c1c[nH+]c2c(C)c(Cl)ccc2c1NCCO. The second-order valence-corrected chi connectivity index (χ2v) is 4.95. The van der Waals surface area contributed by atoms with Crippen molar-refractivity contribution in [3.05, 3.63) is 34.5 Å². The molecule has 0 atom stereocenters. The molecule has 2 rings (SSSR count). The Kier molecular flexibility index (Phi) is 4.98. The van der Waals surface area contributed by atoms with E-state index in [1.165, 1.54) is 0 Å². The van der Waals surface area contributed by atoms with E-state index >= 15 is 0 Å². The first kappa shape index (κ1) is 15.5. The molecule has 0 aliphatic rings. The number of halogens is 1. The van der Waals surface area contributed by atoms with Crippen molar-refractivity contribution in [1.29, 1.82) is 0 Å². The number of nitrogens with one attached hydrogen (secondary N) is 2. The van der Waals surface area contributed by atoms with Crippen LogP contribution in [0.2, 0.25) is 5.02 Å². The summed E-state index contributed by atoms with van der Waals surface area (Å²) in [6.45, 7) is 4.27. The van der Waals surface area contributed by atoms with Crippen LogP contribution in [-0.4, -0.2) is 30.8 Å². The lowest BCUT2D eigenvalue weighted by atomic mass is 10.1. The van der Waals surface area contributed by atoms with Gasteiger partial charge >= 0.3 is 5.97 Å². The third kappa shape index (κ3) is 3.09. The summed E-state index contributed by atoms with van der Waals surface area (Å²) in [5, 5.41) is 13.6. The zero-order valence-electron chi connectivity index (χ0n) is 12.0. The Morgan fingerprint density at radius 1 is 1.48 bits per heavy atom. The molecule has 2 aromatic rings. The van der Waals surface area contributed by atoms with Gasteiger partial charge in [-0.3, -0.25) is 0 Å². The van der Waals surface area contributed by atoms with E-state index in [-0.39, 0.29) is 6.61 Å². The number of esters is 1. The highest BCUT2D eigenvalue weighted by atomic mass is 35.5. The molecule has 1 aromatic heterocycles. The third-order valence-electron chi connectivity index (χ3n) is 3.21. The van der Waals surface area contributed by atoms with E-state index in [2.05, 4.69) is 10.3 Å². The summed E-state index contributed by atoms with van der Waals surface area (Å²) in [7, 11) is 0. The molecule has 112 valence electrons. The van der Waals surface area contributed by atoms with Crippen molar-refractivity contribution in [1.82, 2.24) is 0 Å². The smallest absolute Gasteiger partial charge is 0.346 e. The summed E-state index contributed by atoms with van der Waals surface area (Å²) in [5.41, 5.74) is 2.78. The number of benzene rings is 1. The Bertz CT molecular complexity index is 674. The van der Waals surface area contributed by atoms with Gasteiger partial charge in [0, 0.05) is 12.1 Å². The fourth-order valence-corrected chi connectivity index (χ4v) is 2.34.